The van der Waals surface area contributed by atoms with Gasteiger partial charge in [0.05, 0.1) is 17.6 Å². The third-order valence-corrected chi connectivity index (χ3v) is 4.37. The molecule has 1 aromatic carbocycles. The lowest BCUT2D eigenvalue weighted by molar-refractivity contribution is -0.137. The van der Waals surface area contributed by atoms with Crippen molar-refractivity contribution in [2.45, 2.75) is 25.8 Å². The number of H-pyrrole nitrogens is 1. The first-order valence-corrected chi connectivity index (χ1v) is 8.95. The molecular weight excluding hydrogens is 348 g/mol. The number of carbonyl (C=O) groups is 3. The molecule has 0 aliphatic carbocycles. The molecule has 142 valence electrons. The molecule has 3 N–H and O–H groups in total. The highest BCUT2D eigenvalue weighted by molar-refractivity contribution is 5.94. The van der Waals surface area contributed by atoms with Crippen LogP contribution in [0.3, 0.4) is 0 Å². The Bertz CT molecular complexity index is 840. The van der Waals surface area contributed by atoms with E-state index in [2.05, 4.69) is 20.6 Å². The summed E-state index contributed by atoms with van der Waals surface area (Å²) in [5.74, 6) is -0.957. The van der Waals surface area contributed by atoms with Crippen molar-refractivity contribution in [3.05, 3.63) is 42.2 Å². The van der Waals surface area contributed by atoms with Crippen molar-refractivity contribution in [1.82, 2.24) is 20.6 Å². The van der Waals surface area contributed by atoms with Crippen LogP contribution in [0, 0.1) is 5.92 Å². The van der Waals surface area contributed by atoms with Crippen LogP contribution in [0.25, 0.3) is 11.0 Å². The summed E-state index contributed by atoms with van der Waals surface area (Å²) in [6, 6.07) is 6.84. The number of esters is 1. The van der Waals surface area contributed by atoms with E-state index in [-0.39, 0.29) is 24.3 Å². The second kappa shape index (κ2) is 8.48. The fourth-order valence-corrected chi connectivity index (χ4v) is 3.04. The SMILES string of the molecule is CCOC(=O)C=C[C@H](C[C@@H]1CCNC1=O)NC(=O)c1nc2ccccc2[nH]1. The first-order chi connectivity index (χ1) is 13.1. The molecule has 0 saturated carbocycles. The Morgan fingerprint density at radius 3 is 2.93 bits per heavy atom. The van der Waals surface area contributed by atoms with Gasteiger partial charge in [0.1, 0.15) is 0 Å². The molecule has 1 saturated heterocycles. The predicted molar refractivity (Wildman–Crippen MR) is 98.9 cm³/mol. The third kappa shape index (κ3) is 4.72. The Morgan fingerprint density at radius 1 is 1.41 bits per heavy atom. The Kier molecular flexibility index (Phi) is 5.85. The molecule has 2 atom stereocenters. The van der Waals surface area contributed by atoms with Gasteiger partial charge >= 0.3 is 5.97 Å². The zero-order valence-electron chi connectivity index (χ0n) is 15.0. The van der Waals surface area contributed by atoms with Gasteiger partial charge in [-0.1, -0.05) is 18.2 Å². The third-order valence-electron chi connectivity index (χ3n) is 4.37. The Morgan fingerprint density at radius 2 is 2.22 bits per heavy atom. The topological polar surface area (TPSA) is 113 Å². The van der Waals surface area contributed by atoms with Crippen molar-refractivity contribution in [2.24, 2.45) is 5.92 Å². The van der Waals surface area contributed by atoms with Gasteiger partial charge in [-0.15, -0.1) is 0 Å². The van der Waals surface area contributed by atoms with E-state index in [1.165, 1.54) is 6.08 Å². The maximum Gasteiger partial charge on any atom is 0.330 e. The van der Waals surface area contributed by atoms with Crippen LogP contribution < -0.4 is 10.6 Å². The van der Waals surface area contributed by atoms with Gasteiger partial charge in [-0.2, -0.15) is 0 Å². The number of hydrogen-bond acceptors (Lipinski definition) is 5. The summed E-state index contributed by atoms with van der Waals surface area (Å²) in [5, 5.41) is 5.61. The Hall–Kier alpha value is -3.16. The number of fused-ring (bicyclic) bond motifs is 1. The second-order valence-corrected chi connectivity index (χ2v) is 6.31. The number of amides is 2. The maximum atomic E-state index is 12.6. The molecule has 8 nitrogen and oxygen atoms in total. The Labute approximate surface area is 156 Å². The van der Waals surface area contributed by atoms with Gasteiger partial charge in [0.25, 0.3) is 5.91 Å². The fourth-order valence-electron chi connectivity index (χ4n) is 3.04. The van der Waals surface area contributed by atoms with Gasteiger partial charge in [0, 0.05) is 24.6 Å². The van der Waals surface area contributed by atoms with E-state index in [4.69, 9.17) is 4.74 Å². The second-order valence-electron chi connectivity index (χ2n) is 6.31. The number of carbonyl (C=O) groups excluding carboxylic acids is 3. The van der Waals surface area contributed by atoms with Gasteiger partial charge in [-0.05, 0) is 31.9 Å². The molecule has 3 rings (SSSR count). The monoisotopic (exact) mass is 370 g/mol. The normalized spacial score (nSPS) is 17.8. The van der Waals surface area contributed by atoms with Gasteiger partial charge < -0.3 is 20.4 Å². The first kappa shape index (κ1) is 18.6. The lowest BCUT2D eigenvalue weighted by Gasteiger charge is -2.17. The van der Waals surface area contributed by atoms with Crippen LogP contribution in [0.15, 0.2) is 36.4 Å². The highest BCUT2D eigenvalue weighted by Crippen LogP contribution is 2.17. The average Bonchev–Trinajstić information content (AvgIpc) is 3.26. The lowest BCUT2D eigenvalue weighted by Crippen LogP contribution is -2.37. The van der Waals surface area contributed by atoms with Crippen molar-refractivity contribution < 1.29 is 19.1 Å². The average molecular weight is 370 g/mol. The first-order valence-electron chi connectivity index (χ1n) is 8.95. The summed E-state index contributed by atoms with van der Waals surface area (Å²) in [4.78, 5) is 43.3. The van der Waals surface area contributed by atoms with E-state index in [0.29, 0.717) is 24.9 Å². The summed E-state index contributed by atoms with van der Waals surface area (Å²) < 4.78 is 4.88. The minimum Gasteiger partial charge on any atom is -0.463 e. The number of hydrogen-bond donors (Lipinski definition) is 3. The lowest BCUT2D eigenvalue weighted by atomic mass is 9.98. The molecule has 27 heavy (non-hydrogen) atoms. The van der Waals surface area contributed by atoms with Crippen LogP contribution in [-0.2, 0) is 14.3 Å². The van der Waals surface area contributed by atoms with Gasteiger partial charge in [-0.3, -0.25) is 9.59 Å². The van der Waals surface area contributed by atoms with Gasteiger partial charge in [0.2, 0.25) is 5.91 Å². The number of aromatic nitrogens is 2. The molecule has 0 bridgehead atoms. The molecular formula is C19H22N4O4. The number of para-hydroxylation sites is 2. The maximum absolute atomic E-state index is 12.6. The van der Waals surface area contributed by atoms with Crippen LogP contribution in [-0.4, -0.2) is 46.9 Å². The molecule has 2 heterocycles. The summed E-state index contributed by atoms with van der Waals surface area (Å²) >= 11 is 0. The van der Waals surface area contributed by atoms with Crippen molar-refractivity contribution >= 4 is 28.8 Å². The summed E-state index contributed by atoms with van der Waals surface area (Å²) in [6.45, 7) is 2.61. The number of aromatic amines is 1. The fraction of sp³-hybridized carbons (Fsp3) is 0.368. The predicted octanol–water partition coefficient (Wildman–Crippen LogP) is 1.31. The van der Waals surface area contributed by atoms with Gasteiger partial charge in [-0.25, -0.2) is 9.78 Å². The van der Waals surface area contributed by atoms with Crippen LogP contribution >= 0.6 is 0 Å². The smallest absolute Gasteiger partial charge is 0.330 e. The minimum absolute atomic E-state index is 0.0393. The largest absolute Gasteiger partial charge is 0.463 e. The number of nitrogens with one attached hydrogen (secondary N) is 3. The quantitative estimate of drug-likeness (QED) is 0.502. The van der Waals surface area contributed by atoms with Crippen LogP contribution in [0.4, 0.5) is 0 Å². The standard InChI is InChI=1S/C19H22N4O4/c1-2-27-16(24)8-7-13(11-12-9-10-20-18(12)25)21-19(26)17-22-14-5-3-4-6-15(14)23-17/h3-8,12-13H,2,9-11H2,1H3,(H,20,25)(H,21,26)(H,22,23)/t12-,13+/m0/s1. The molecule has 1 aliphatic heterocycles. The van der Waals surface area contributed by atoms with Crippen molar-refractivity contribution in [3.8, 4) is 0 Å². The van der Waals surface area contributed by atoms with E-state index in [1.54, 1.807) is 13.0 Å². The van der Waals surface area contributed by atoms with Crippen LogP contribution in [0.2, 0.25) is 0 Å². The molecule has 1 aromatic heterocycles. The van der Waals surface area contributed by atoms with E-state index in [9.17, 15) is 14.4 Å². The highest BCUT2D eigenvalue weighted by Gasteiger charge is 2.27. The van der Waals surface area contributed by atoms with Crippen molar-refractivity contribution in [2.75, 3.05) is 13.2 Å². The van der Waals surface area contributed by atoms with E-state index in [1.807, 2.05) is 24.3 Å². The number of rotatable bonds is 7. The van der Waals surface area contributed by atoms with Crippen molar-refractivity contribution in [3.63, 3.8) is 0 Å². The molecule has 0 unspecified atom stereocenters. The number of nitrogens with zero attached hydrogens (tertiary/aromatic N) is 1. The number of imidazole rings is 1. The zero-order valence-corrected chi connectivity index (χ0v) is 15.0. The van der Waals surface area contributed by atoms with Gasteiger partial charge in [0.15, 0.2) is 5.82 Å². The van der Waals surface area contributed by atoms with E-state index < -0.39 is 17.9 Å². The zero-order chi connectivity index (χ0) is 19.2. The molecule has 8 heteroatoms. The summed E-state index contributed by atoms with van der Waals surface area (Å²) in [5.41, 5.74) is 1.45. The minimum atomic E-state index is -0.496. The molecule has 2 amide bonds. The highest BCUT2D eigenvalue weighted by atomic mass is 16.5. The van der Waals surface area contributed by atoms with Crippen LogP contribution in [0.5, 0.6) is 0 Å². The Balaban J connectivity index is 1.73. The summed E-state index contributed by atoms with van der Waals surface area (Å²) in [6.07, 6.45) is 3.93. The van der Waals surface area contributed by atoms with E-state index in [0.717, 1.165) is 5.52 Å². The van der Waals surface area contributed by atoms with Crippen LogP contribution in [0.1, 0.15) is 30.4 Å². The molecule has 2 aromatic rings. The number of ether oxygens (including phenoxy) is 1. The molecule has 1 fully saturated rings. The number of benzene rings is 1. The summed E-state index contributed by atoms with van der Waals surface area (Å²) in [7, 11) is 0. The van der Waals surface area contributed by atoms with Crippen molar-refractivity contribution in [1.29, 1.82) is 0 Å². The van der Waals surface area contributed by atoms with E-state index >= 15 is 0 Å². The molecule has 1 aliphatic rings. The molecule has 0 radical (unpaired) electrons. The molecule has 0 spiro atoms.